The Kier molecular flexibility index (Phi) is 4.65. The summed E-state index contributed by atoms with van der Waals surface area (Å²) in [6.07, 6.45) is 4.65. The molecule has 3 rings (SSSR count). The second-order valence-electron chi connectivity index (χ2n) is 8.18. The molecule has 1 amide bonds. The van der Waals surface area contributed by atoms with Gasteiger partial charge in [-0.3, -0.25) is 4.79 Å². The molecule has 1 aromatic heterocycles. The van der Waals surface area contributed by atoms with Gasteiger partial charge in [-0.2, -0.15) is 0 Å². The van der Waals surface area contributed by atoms with Crippen molar-refractivity contribution >= 4 is 17.5 Å². The van der Waals surface area contributed by atoms with Gasteiger partial charge < -0.3 is 15.1 Å². The number of anilines is 2. The smallest absolute Gasteiger partial charge is 0.225 e. The Balaban J connectivity index is 1.66. The average molecular weight is 331 g/mol. The molecule has 0 spiro atoms. The first-order valence-corrected chi connectivity index (χ1v) is 8.97. The molecule has 0 bridgehead atoms. The average Bonchev–Trinajstić information content (AvgIpc) is 2.88. The molecule has 0 aliphatic carbocycles. The van der Waals surface area contributed by atoms with Crippen LogP contribution >= 0.6 is 0 Å². The SMILES string of the molecule is CC1CCCN(c2cc(NC3CC(=O)N(C(C)(C)C)C3)ncn2)C1. The highest BCUT2D eigenvalue weighted by Gasteiger charge is 2.36. The maximum absolute atomic E-state index is 12.2. The Bertz CT molecular complexity index is 597. The van der Waals surface area contributed by atoms with Crippen molar-refractivity contribution in [3.05, 3.63) is 12.4 Å². The highest BCUT2D eigenvalue weighted by Crippen LogP contribution is 2.25. The van der Waals surface area contributed by atoms with Gasteiger partial charge in [-0.1, -0.05) is 6.92 Å². The van der Waals surface area contributed by atoms with E-state index in [0.29, 0.717) is 12.3 Å². The molecule has 24 heavy (non-hydrogen) atoms. The van der Waals surface area contributed by atoms with E-state index in [4.69, 9.17) is 0 Å². The van der Waals surface area contributed by atoms with Gasteiger partial charge in [0.15, 0.2) is 0 Å². The predicted molar refractivity (Wildman–Crippen MR) is 96.1 cm³/mol. The van der Waals surface area contributed by atoms with E-state index in [1.54, 1.807) is 6.33 Å². The summed E-state index contributed by atoms with van der Waals surface area (Å²) in [5.74, 6) is 2.71. The van der Waals surface area contributed by atoms with Crippen LogP contribution in [0.5, 0.6) is 0 Å². The van der Waals surface area contributed by atoms with E-state index in [2.05, 4.69) is 47.9 Å². The molecular weight excluding hydrogens is 302 g/mol. The normalized spacial score (nSPS) is 25.2. The number of hydrogen-bond acceptors (Lipinski definition) is 5. The minimum Gasteiger partial charge on any atom is -0.365 e. The number of carbonyl (C=O) groups is 1. The number of nitrogens with one attached hydrogen (secondary N) is 1. The lowest BCUT2D eigenvalue weighted by molar-refractivity contribution is -0.131. The summed E-state index contributed by atoms with van der Waals surface area (Å²) in [5, 5.41) is 3.42. The van der Waals surface area contributed by atoms with Crippen molar-refractivity contribution in [2.24, 2.45) is 5.92 Å². The fraction of sp³-hybridized carbons (Fsp3) is 0.722. The fourth-order valence-electron chi connectivity index (χ4n) is 3.66. The molecule has 2 fully saturated rings. The number of likely N-dealkylation sites (tertiary alicyclic amines) is 1. The maximum atomic E-state index is 12.2. The third-order valence-corrected chi connectivity index (χ3v) is 4.92. The molecule has 132 valence electrons. The monoisotopic (exact) mass is 331 g/mol. The number of hydrogen-bond donors (Lipinski definition) is 1. The summed E-state index contributed by atoms with van der Waals surface area (Å²) in [4.78, 5) is 25.3. The Morgan fingerprint density at radius 2 is 2.04 bits per heavy atom. The molecular formula is C18H29N5O. The van der Waals surface area contributed by atoms with Crippen molar-refractivity contribution in [2.45, 2.75) is 58.5 Å². The minimum atomic E-state index is -0.131. The largest absolute Gasteiger partial charge is 0.365 e. The van der Waals surface area contributed by atoms with Gasteiger partial charge in [0.25, 0.3) is 0 Å². The summed E-state index contributed by atoms with van der Waals surface area (Å²) < 4.78 is 0. The van der Waals surface area contributed by atoms with E-state index < -0.39 is 0 Å². The molecule has 0 radical (unpaired) electrons. The van der Waals surface area contributed by atoms with Crippen LogP contribution in [0.2, 0.25) is 0 Å². The Labute approximate surface area is 144 Å². The van der Waals surface area contributed by atoms with Crippen LogP contribution in [0.4, 0.5) is 11.6 Å². The molecule has 6 heteroatoms. The Morgan fingerprint density at radius 1 is 1.25 bits per heavy atom. The molecule has 0 aromatic carbocycles. The summed E-state index contributed by atoms with van der Waals surface area (Å²) in [6, 6.07) is 2.13. The van der Waals surface area contributed by atoms with Gasteiger partial charge in [0, 0.05) is 37.7 Å². The van der Waals surface area contributed by atoms with Crippen LogP contribution in [0.3, 0.4) is 0 Å². The molecule has 0 saturated carbocycles. The molecule has 2 atom stereocenters. The third-order valence-electron chi connectivity index (χ3n) is 4.92. The Morgan fingerprint density at radius 3 is 2.71 bits per heavy atom. The van der Waals surface area contributed by atoms with Gasteiger partial charge in [0.05, 0.1) is 6.04 Å². The van der Waals surface area contributed by atoms with E-state index in [1.165, 1.54) is 12.8 Å². The number of aromatic nitrogens is 2. The number of rotatable bonds is 3. The highest BCUT2D eigenvalue weighted by molar-refractivity contribution is 5.80. The maximum Gasteiger partial charge on any atom is 0.225 e. The quantitative estimate of drug-likeness (QED) is 0.922. The zero-order valence-corrected chi connectivity index (χ0v) is 15.2. The minimum absolute atomic E-state index is 0.111. The van der Waals surface area contributed by atoms with Crippen molar-refractivity contribution in [3.8, 4) is 0 Å². The van der Waals surface area contributed by atoms with Gasteiger partial charge in [0.1, 0.15) is 18.0 Å². The lowest BCUT2D eigenvalue weighted by Crippen LogP contribution is -2.43. The first-order chi connectivity index (χ1) is 11.3. The summed E-state index contributed by atoms with van der Waals surface area (Å²) in [6.45, 7) is 11.4. The molecule has 3 heterocycles. The van der Waals surface area contributed by atoms with Crippen molar-refractivity contribution in [1.29, 1.82) is 0 Å². The number of nitrogens with zero attached hydrogens (tertiary/aromatic N) is 4. The van der Waals surface area contributed by atoms with Crippen molar-refractivity contribution in [3.63, 3.8) is 0 Å². The van der Waals surface area contributed by atoms with Crippen LogP contribution in [0, 0.1) is 5.92 Å². The second kappa shape index (κ2) is 6.57. The van der Waals surface area contributed by atoms with Gasteiger partial charge in [-0.25, -0.2) is 9.97 Å². The van der Waals surface area contributed by atoms with Gasteiger partial charge >= 0.3 is 0 Å². The highest BCUT2D eigenvalue weighted by atomic mass is 16.2. The summed E-state index contributed by atoms with van der Waals surface area (Å²) >= 11 is 0. The van der Waals surface area contributed by atoms with Crippen molar-refractivity contribution in [2.75, 3.05) is 29.9 Å². The molecule has 2 saturated heterocycles. The summed E-state index contributed by atoms with van der Waals surface area (Å²) in [5.41, 5.74) is -0.131. The van der Waals surface area contributed by atoms with Crippen LogP contribution in [-0.2, 0) is 4.79 Å². The van der Waals surface area contributed by atoms with Gasteiger partial charge in [0.2, 0.25) is 5.91 Å². The fourth-order valence-corrected chi connectivity index (χ4v) is 3.66. The molecule has 2 aliphatic heterocycles. The predicted octanol–water partition coefficient (Wildman–Crippen LogP) is 2.52. The lowest BCUT2D eigenvalue weighted by Gasteiger charge is -2.32. The van der Waals surface area contributed by atoms with Crippen LogP contribution in [-0.4, -0.2) is 52.0 Å². The number of amides is 1. The lowest BCUT2D eigenvalue weighted by atomic mass is 10.0. The van der Waals surface area contributed by atoms with E-state index in [9.17, 15) is 4.79 Å². The first-order valence-electron chi connectivity index (χ1n) is 8.97. The van der Waals surface area contributed by atoms with E-state index >= 15 is 0 Å². The zero-order chi connectivity index (χ0) is 17.3. The van der Waals surface area contributed by atoms with Crippen LogP contribution in [0.15, 0.2) is 12.4 Å². The van der Waals surface area contributed by atoms with Gasteiger partial charge in [-0.15, -0.1) is 0 Å². The van der Waals surface area contributed by atoms with E-state index in [-0.39, 0.29) is 17.5 Å². The molecule has 1 N–H and O–H groups in total. The molecule has 2 unspecified atom stereocenters. The molecule has 6 nitrogen and oxygen atoms in total. The standard InChI is InChI=1S/C18H29N5O/c1-13-6-5-7-22(10-13)16-9-15(19-12-20-16)21-14-8-17(24)23(11-14)18(2,3)4/h9,12-14H,5-8,10-11H2,1-4H3,(H,19,20,21). The second-order valence-corrected chi connectivity index (χ2v) is 8.18. The van der Waals surface area contributed by atoms with E-state index in [0.717, 1.165) is 31.3 Å². The van der Waals surface area contributed by atoms with Crippen molar-refractivity contribution < 1.29 is 4.79 Å². The number of piperidine rings is 1. The van der Waals surface area contributed by atoms with Crippen LogP contribution in [0.1, 0.15) is 47.0 Å². The third kappa shape index (κ3) is 3.79. The molecule has 1 aromatic rings. The summed E-state index contributed by atoms with van der Waals surface area (Å²) in [7, 11) is 0. The zero-order valence-electron chi connectivity index (χ0n) is 15.2. The van der Waals surface area contributed by atoms with Crippen LogP contribution < -0.4 is 10.2 Å². The Hall–Kier alpha value is -1.85. The number of carbonyl (C=O) groups excluding carboxylic acids is 1. The molecule has 2 aliphatic rings. The van der Waals surface area contributed by atoms with Crippen molar-refractivity contribution in [1.82, 2.24) is 14.9 Å². The van der Waals surface area contributed by atoms with Gasteiger partial charge in [-0.05, 0) is 39.5 Å². The van der Waals surface area contributed by atoms with Crippen LogP contribution in [0.25, 0.3) is 0 Å². The topological polar surface area (TPSA) is 61.4 Å². The van der Waals surface area contributed by atoms with E-state index in [1.807, 2.05) is 11.0 Å². The first kappa shape index (κ1) is 17.0.